The molecule has 1 aromatic carbocycles. The molecule has 1 aromatic heterocycles. The molecule has 0 atom stereocenters. The van der Waals surface area contributed by atoms with Gasteiger partial charge >= 0.3 is 6.36 Å². The average molecular weight is 370 g/mol. The summed E-state index contributed by atoms with van der Waals surface area (Å²) in [6, 6.07) is 5.56. The monoisotopic (exact) mass is 370 g/mol. The molecule has 9 heteroatoms. The lowest BCUT2D eigenvalue weighted by molar-refractivity contribution is -0.274. The molecule has 0 fully saturated rings. The normalized spacial score (nSPS) is 11.7. The molecule has 0 saturated carbocycles. The highest BCUT2D eigenvalue weighted by atomic mass is 19.4. The molecule has 142 valence electrons. The maximum absolute atomic E-state index is 12.2. The third kappa shape index (κ3) is 5.48. The smallest absolute Gasteiger partial charge is 0.406 e. The van der Waals surface area contributed by atoms with E-state index in [2.05, 4.69) is 15.2 Å². The molecule has 0 saturated heterocycles. The topological polar surface area (TPSA) is 59.4 Å². The fraction of sp³-hybridized carbons (Fsp3) is 0.412. The van der Waals surface area contributed by atoms with Crippen LogP contribution in [-0.4, -0.2) is 40.5 Å². The third-order valence-electron chi connectivity index (χ3n) is 3.80. The van der Waals surface area contributed by atoms with Crippen molar-refractivity contribution in [3.05, 3.63) is 41.2 Å². The number of halogens is 3. The van der Waals surface area contributed by atoms with Gasteiger partial charge in [-0.1, -0.05) is 12.1 Å². The van der Waals surface area contributed by atoms with Crippen LogP contribution < -0.4 is 10.1 Å². The first-order valence-electron chi connectivity index (χ1n) is 7.88. The van der Waals surface area contributed by atoms with Gasteiger partial charge in [-0.05, 0) is 38.6 Å². The van der Waals surface area contributed by atoms with Crippen molar-refractivity contribution in [2.24, 2.45) is 7.05 Å². The Labute approximate surface area is 149 Å². The SMILES string of the molecule is Cc1nn(C)c(C)c1NC(=O)CN(C)Cc1ccc(OC(F)(F)F)cc1. The summed E-state index contributed by atoms with van der Waals surface area (Å²) in [4.78, 5) is 14.0. The van der Waals surface area contributed by atoms with Gasteiger partial charge < -0.3 is 10.1 Å². The lowest BCUT2D eigenvalue weighted by Gasteiger charge is -2.17. The summed E-state index contributed by atoms with van der Waals surface area (Å²) in [5.74, 6) is -0.465. The highest BCUT2D eigenvalue weighted by Gasteiger charge is 2.30. The number of ether oxygens (including phenoxy) is 1. The average Bonchev–Trinajstić information content (AvgIpc) is 2.74. The largest absolute Gasteiger partial charge is 0.573 e. The predicted octanol–water partition coefficient (Wildman–Crippen LogP) is 3.01. The van der Waals surface area contributed by atoms with Gasteiger partial charge in [-0.3, -0.25) is 14.4 Å². The molecule has 2 aromatic rings. The molecule has 1 amide bonds. The number of rotatable bonds is 6. The number of benzene rings is 1. The molecule has 0 bridgehead atoms. The van der Waals surface area contributed by atoms with Gasteiger partial charge in [0.05, 0.1) is 23.6 Å². The van der Waals surface area contributed by atoms with Crippen LogP contribution in [0.15, 0.2) is 24.3 Å². The van der Waals surface area contributed by atoms with Crippen LogP contribution in [0, 0.1) is 13.8 Å². The van der Waals surface area contributed by atoms with E-state index in [0.717, 1.165) is 17.0 Å². The summed E-state index contributed by atoms with van der Waals surface area (Å²) >= 11 is 0. The van der Waals surface area contributed by atoms with E-state index in [1.807, 2.05) is 13.8 Å². The van der Waals surface area contributed by atoms with Crippen LogP contribution in [0.3, 0.4) is 0 Å². The van der Waals surface area contributed by atoms with E-state index in [1.165, 1.54) is 24.3 Å². The van der Waals surface area contributed by atoms with Crippen LogP contribution in [0.5, 0.6) is 5.75 Å². The zero-order valence-corrected chi connectivity index (χ0v) is 15.0. The van der Waals surface area contributed by atoms with E-state index in [1.54, 1.807) is 23.7 Å². The van der Waals surface area contributed by atoms with Crippen molar-refractivity contribution in [2.75, 3.05) is 18.9 Å². The lowest BCUT2D eigenvalue weighted by atomic mass is 10.2. The molecule has 0 aliphatic rings. The van der Waals surface area contributed by atoms with Gasteiger partial charge in [-0.2, -0.15) is 5.10 Å². The zero-order valence-electron chi connectivity index (χ0n) is 15.0. The van der Waals surface area contributed by atoms with Crippen LogP contribution in [0.2, 0.25) is 0 Å². The molecule has 0 aliphatic heterocycles. The van der Waals surface area contributed by atoms with E-state index >= 15 is 0 Å². The number of aromatic nitrogens is 2. The van der Waals surface area contributed by atoms with Gasteiger partial charge in [-0.25, -0.2) is 0 Å². The predicted molar refractivity (Wildman–Crippen MR) is 90.8 cm³/mol. The van der Waals surface area contributed by atoms with Crippen LogP contribution in [0.1, 0.15) is 17.0 Å². The van der Waals surface area contributed by atoms with E-state index in [-0.39, 0.29) is 18.2 Å². The maximum atomic E-state index is 12.2. The minimum Gasteiger partial charge on any atom is -0.406 e. The number of carbonyl (C=O) groups is 1. The number of hydrogen-bond acceptors (Lipinski definition) is 4. The van der Waals surface area contributed by atoms with Crippen LogP contribution in [0.4, 0.5) is 18.9 Å². The van der Waals surface area contributed by atoms with Gasteiger partial charge in [0, 0.05) is 13.6 Å². The molecule has 2 rings (SSSR count). The fourth-order valence-electron chi connectivity index (χ4n) is 2.54. The van der Waals surface area contributed by atoms with Crippen molar-refractivity contribution in [2.45, 2.75) is 26.8 Å². The molecule has 1 heterocycles. The number of carbonyl (C=O) groups excluding carboxylic acids is 1. The molecule has 0 radical (unpaired) electrons. The number of hydrogen-bond donors (Lipinski definition) is 1. The second-order valence-electron chi connectivity index (χ2n) is 6.08. The number of alkyl halides is 3. The lowest BCUT2D eigenvalue weighted by Crippen LogP contribution is -2.30. The van der Waals surface area contributed by atoms with Gasteiger partial charge in [0.2, 0.25) is 5.91 Å². The highest BCUT2D eigenvalue weighted by Crippen LogP contribution is 2.23. The summed E-state index contributed by atoms with van der Waals surface area (Å²) in [5, 5.41) is 7.08. The number of likely N-dealkylation sites (N-methyl/N-ethyl adjacent to an activating group) is 1. The Hall–Kier alpha value is -2.55. The van der Waals surface area contributed by atoms with Gasteiger partial charge in [0.1, 0.15) is 5.75 Å². The Bertz CT molecular complexity index is 770. The first kappa shape index (κ1) is 19.8. The number of amides is 1. The van der Waals surface area contributed by atoms with Crippen LogP contribution >= 0.6 is 0 Å². The van der Waals surface area contributed by atoms with Crippen molar-refractivity contribution in [3.8, 4) is 5.75 Å². The summed E-state index contributed by atoms with van der Waals surface area (Å²) in [7, 11) is 3.55. The third-order valence-corrected chi connectivity index (χ3v) is 3.80. The van der Waals surface area contributed by atoms with E-state index in [0.29, 0.717) is 12.2 Å². The van der Waals surface area contributed by atoms with Crippen LogP contribution in [0.25, 0.3) is 0 Å². The van der Waals surface area contributed by atoms with Crippen LogP contribution in [-0.2, 0) is 18.4 Å². The maximum Gasteiger partial charge on any atom is 0.573 e. The minimum atomic E-state index is -4.71. The standard InChI is InChI=1S/C17H21F3N4O2/c1-11-16(12(2)24(4)22-11)21-15(25)10-23(3)9-13-5-7-14(8-6-13)26-17(18,19)20/h5-8H,9-10H2,1-4H3,(H,21,25). The van der Waals surface area contributed by atoms with Crippen molar-refractivity contribution >= 4 is 11.6 Å². The van der Waals surface area contributed by atoms with Gasteiger partial charge in [-0.15, -0.1) is 13.2 Å². The first-order valence-corrected chi connectivity index (χ1v) is 7.88. The highest BCUT2D eigenvalue weighted by molar-refractivity contribution is 5.93. The number of nitrogens with zero attached hydrogens (tertiary/aromatic N) is 3. The molecule has 0 spiro atoms. The molecule has 26 heavy (non-hydrogen) atoms. The Kier molecular flexibility index (Phi) is 5.91. The van der Waals surface area contributed by atoms with Gasteiger partial charge in [0.15, 0.2) is 0 Å². The Morgan fingerprint density at radius 1 is 1.27 bits per heavy atom. The molecule has 0 aliphatic carbocycles. The Morgan fingerprint density at radius 3 is 2.38 bits per heavy atom. The molecular weight excluding hydrogens is 349 g/mol. The number of anilines is 1. The van der Waals surface area contributed by atoms with E-state index in [9.17, 15) is 18.0 Å². The second-order valence-corrected chi connectivity index (χ2v) is 6.08. The fourth-order valence-corrected chi connectivity index (χ4v) is 2.54. The summed E-state index contributed by atoms with van der Waals surface area (Å²) in [5.41, 5.74) is 3.06. The van der Waals surface area contributed by atoms with Crippen molar-refractivity contribution < 1.29 is 22.7 Å². The first-order chi connectivity index (χ1) is 12.0. The number of nitrogens with one attached hydrogen (secondary N) is 1. The summed E-state index contributed by atoms with van der Waals surface area (Å²) in [6.45, 7) is 4.22. The molecular formula is C17H21F3N4O2. The van der Waals surface area contributed by atoms with E-state index < -0.39 is 6.36 Å². The van der Waals surface area contributed by atoms with Crippen molar-refractivity contribution in [1.29, 1.82) is 0 Å². The van der Waals surface area contributed by atoms with E-state index in [4.69, 9.17) is 0 Å². The minimum absolute atomic E-state index is 0.134. The second kappa shape index (κ2) is 7.77. The van der Waals surface area contributed by atoms with Crippen molar-refractivity contribution in [1.82, 2.24) is 14.7 Å². The molecule has 6 nitrogen and oxygen atoms in total. The summed E-state index contributed by atoms with van der Waals surface area (Å²) < 4.78 is 42.0. The summed E-state index contributed by atoms with van der Waals surface area (Å²) in [6.07, 6.45) is -4.71. The quantitative estimate of drug-likeness (QED) is 0.849. The molecule has 0 unspecified atom stereocenters. The Balaban J connectivity index is 1.89. The number of aryl methyl sites for hydroxylation is 2. The molecule has 1 N–H and O–H groups in total. The Morgan fingerprint density at radius 2 is 1.88 bits per heavy atom. The van der Waals surface area contributed by atoms with Crippen molar-refractivity contribution in [3.63, 3.8) is 0 Å². The van der Waals surface area contributed by atoms with Gasteiger partial charge in [0.25, 0.3) is 0 Å². The zero-order chi connectivity index (χ0) is 19.5.